The van der Waals surface area contributed by atoms with E-state index >= 15 is 0 Å². The molecule has 0 bridgehead atoms. The van der Waals surface area contributed by atoms with Gasteiger partial charge < -0.3 is 19.6 Å². The average molecular weight is 473 g/mol. The summed E-state index contributed by atoms with van der Waals surface area (Å²) in [5.74, 6) is 2.54. The van der Waals surface area contributed by atoms with Crippen molar-refractivity contribution in [1.82, 2.24) is 20.7 Å². The van der Waals surface area contributed by atoms with Crippen LogP contribution in [-0.2, 0) is 13.0 Å². The first-order valence-electron chi connectivity index (χ1n) is 8.96. The van der Waals surface area contributed by atoms with E-state index in [-0.39, 0.29) is 30.0 Å². The zero-order chi connectivity index (χ0) is 17.5. The summed E-state index contributed by atoms with van der Waals surface area (Å²) in [7, 11) is 1.77. The Morgan fingerprint density at radius 1 is 1.35 bits per heavy atom. The molecule has 1 aliphatic rings. The summed E-state index contributed by atoms with van der Waals surface area (Å²) in [5, 5.41) is 10.7. The molecule has 8 heteroatoms. The number of likely N-dealkylation sites (tertiary alicyclic amines) is 1. The predicted octanol–water partition coefficient (Wildman–Crippen LogP) is 2.95. The molecule has 1 saturated heterocycles. The van der Waals surface area contributed by atoms with Gasteiger partial charge in [-0.2, -0.15) is 0 Å². The van der Waals surface area contributed by atoms with Gasteiger partial charge in [0.1, 0.15) is 5.76 Å². The van der Waals surface area contributed by atoms with Crippen LogP contribution in [-0.4, -0.2) is 42.7 Å². The van der Waals surface area contributed by atoms with Gasteiger partial charge >= 0.3 is 0 Å². The highest BCUT2D eigenvalue weighted by Gasteiger charge is 2.25. The van der Waals surface area contributed by atoms with E-state index in [0.29, 0.717) is 6.54 Å². The highest BCUT2D eigenvalue weighted by molar-refractivity contribution is 14.0. The summed E-state index contributed by atoms with van der Waals surface area (Å²) >= 11 is 0. The molecule has 0 spiro atoms. The Balaban J connectivity index is 0.00000243. The fourth-order valence-electron chi connectivity index (χ4n) is 3.13. The third-order valence-electron chi connectivity index (χ3n) is 4.54. The zero-order valence-electron chi connectivity index (χ0n) is 15.4. The topological polar surface area (TPSA) is 78.8 Å². The average Bonchev–Trinajstić information content (AvgIpc) is 3.40. The molecule has 2 N–H and O–H groups in total. The first kappa shape index (κ1) is 20.8. The monoisotopic (exact) mass is 473 g/mol. The molecular formula is C18H28IN5O2. The largest absolute Gasteiger partial charge is 0.468 e. The van der Waals surface area contributed by atoms with E-state index in [2.05, 4.69) is 32.6 Å². The molecule has 1 fully saturated rings. The van der Waals surface area contributed by atoms with Crippen molar-refractivity contribution in [2.24, 2.45) is 4.99 Å². The summed E-state index contributed by atoms with van der Waals surface area (Å²) in [6.07, 6.45) is 5.10. The van der Waals surface area contributed by atoms with E-state index in [1.54, 1.807) is 13.3 Å². The van der Waals surface area contributed by atoms with Gasteiger partial charge in [-0.1, -0.05) is 12.1 Å². The molecule has 2 aromatic rings. The van der Waals surface area contributed by atoms with E-state index in [0.717, 1.165) is 49.2 Å². The first-order chi connectivity index (χ1) is 12.3. The van der Waals surface area contributed by atoms with Gasteiger partial charge in [0.15, 0.2) is 11.7 Å². The van der Waals surface area contributed by atoms with Gasteiger partial charge in [-0.05, 0) is 44.5 Å². The standard InChI is InChI=1S/C18H27N5O2.HI/c1-3-14-11-15(25-22-14)12-20-18(19-2)21-13-16(17-7-6-10-24-17)23-8-4-5-9-23;/h6-7,10-11,16H,3-5,8-9,12-13H2,1-2H3,(H2,19,20,21);1H. The molecule has 1 unspecified atom stereocenters. The molecule has 144 valence electrons. The van der Waals surface area contributed by atoms with Crippen molar-refractivity contribution >= 4 is 29.9 Å². The van der Waals surface area contributed by atoms with E-state index < -0.39 is 0 Å². The lowest BCUT2D eigenvalue weighted by Crippen LogP contribution is -2.42. The summed E-state index contributed by atoms with van der Waals surface area (Å²) in [5.41, 5.74) is 0.965. The Morgan fingerprint density at radius 2 is 2.15 bits per heavy atom. The summed E-state index contributed by atoms with van der Waals surface area (Å²) in [6, 6.07) is 6.17. The summed E-state index contributed by atoms with van der Waals surface area (Å²) in [4.78, 5) is 6.75. The Labute approximate surface area is 171 Å². The second-order valence-corrected chi connectivity index (χ2v) is 6.22. The molecule has 1 aliphatic heterocycles. The van der Waals surface area contributed by atoms with Crippen LogP contribution in [0.3, 0.4) is 0 Å². The fraction of sp³-hybridized carbons (Fsp3) is 0.556. The minimum absolute atomic E-state index is 0. The predicted molar refractivity (Wildman–Crippen MR) is 112 cm³/mol. The molecule has 0 aliphatic carbocycles. The normalized spacial score (nSPS) is 16.3. The number of aliphatic imine (C=N–C) groups is 1. The van der Waals surface area contributed by atoms with Crippen LogP contribution in [0.1, 0.15) is 43.0 Å². The number of rotatable bonds is 7. The Kier molecular flexibility index (Phi) is 8.43. The van der Waals surface area contributed by atoms with Gasteiger partial charge in [-0.3, -0.25) is 9.89 Å². The van der Waals surface area contributed by atoms with Gasteiger partial charge in [-0.15, -0.1) is 24.0 Å². The number of guanidine groups is 1. The number of aryl methyl sites for hydroxylation is 1. The molecule has 1 atom stereocenters. The molecule has 3 rings (SSSR count). The van der Waals surface area contributed by atoms with Crippen LogP contribution in [0.5, 0.6) is 0 Å². The number of nitrogens with zero attached hydrogens (tertiary/aromatic N) is 3. The van der Waals surface area contributed by atoms with Crippen molar-refractivity contribution in [2.75, 3.05) is 26.7 Å². The third-order valence-corrected chi connectivity index (χ3v) is 4.54. The Bertz CT molecular complexity index is 665. The van der Waals surface area contributed by atoms with Crippen molar-refractivity contribution in [2.45, 2.75) is 38.8 Å². The Hall–Kier alpha value is -1.55. The number of hydrogen-bond donors (Lipinski definition) is 2. The third kappa shape index (κ3) is 5.47. The Morgan fingerprint density at radius 3 is 2.77 bits per heavy atom. The molecule has 2 aromatic heterocycles. The first-order valence-corrected chi connectivity index (χ1v) is 8.96. The number of hydrogen-bond acceptors (Lipinski definition) is 5. The quantitative estimate of drug-likeness (QED) is 0.366. The molecule has 3 heterocycles. The molecule has 0 amide bonds. The molecule has 0 aromatic carbocycles. The van der Waals surface area contributed by atoms with Gasteiger partial charge in [0, 0.05) is 19.7 Å². The van der Waals surface area contributed by atoms with Crippen LogP contribution in [0.4, 0.5) is 0 Å². The van der Waals surface area contributed by atoms with Crippen LogP contribution in [0.25, 0.3) is 0 Å². The van der Waals surface area contributed by atoms with Crippen LogP contribution in [0, 0.1) is 0 Å². The van der Waals surface area contributed by atoms with Crippen molar-refractivity contribution in [3.63, 3.8) is 0 Å². The van der Waals surface area contributed by atoms with Crippen molar-refractivity contribution in [3.8, 4) is 0 Å². The molecule has 7 nitrogen and oxygen atoms in total. The molecule has 26 heavy (non-hydrogen) atoms. The summed E-state index contributed by atoms with van der Waals surface area (Å²) < 4.78 is 11.0. The lowest BCUT2D eigenvalue weighted by Gasteiger charge is -2.26. The van der Waals surface area contributed by atoms with Gasteiger partial charge in [0.25, 0.3) is 0 Å². The number of aromatic nitrogens is 1. The fourth-order valence-corrected chi connectivity index (χ4v) is 3.13. The highest BCUT2D eigenvalue weighted by atomic mass is 127. The molecule has 0 saturated carbocycles. The van der Waals surface area contributed by atoms with Crippen molar-refractivity contribution in [1.29, 1.82) is 0 Å². The second kappa shape index (κ2) is 10.6. The number of nitrogens with one attached hydrogen (secondary N) is 2. The van der Waals surface area contributed by atoms with E-state index in [9.17, 15) is 0 Å². The smallest absolute Gasteiger partial charge is 0.191 e. The van der Waals surface area contributed by atoms with Crippen molar-refractivity contribution in [3.05, 3.63) is 41.7 Å². The van der Waals surface area contributed by atoms with Crippen LogP contribution in [0.2, 0.25) is 0 Å². The van der Waals surface area contributed by atoms with E-state index in [4.69, 9.17) is 8.94 Å². The second-order valence-electron chi connectivity index (χ2n) is 6.22. The number of furan rings is 1. The minimum atomic E-state index is 0. The molecule has 0 radical (unpaired) electrons. The van der Waals surface area contributed by atoms with E-state index in [1.165, 1.54) is 12.8 Å². The van der Waals surface area contributed by atoms with Crippen molar-refractivity contribution < 1.29 is 8.94 Å². The lowest BCUT2D eigenvalue weighted by molar-refractivity contribution is 0.215. The minimum Gasteiger partial charge on any atom is -0.468 e. The lowest BCUT2D eigenvalue weighted by atomic mass is 10.2. The maximum Gasteiger partial charge on any atom is 0.191 e. The maximum atomic E-state index is 5.65. The zero-order valence-corrected chi connectivity index (χ0v) is 17.7. The van der Waals surface area contributed by atoms with Crippen LogP contribution in [0.15, 0.2) is 38.4 Å². The van der Waals surface area contributed by atoms with Gasteiger partial charge in [-0.25, -0.2) is 0 Å². The van der Waals surface area contributed by atoms with Gasteiger partial charge in [0.05, 0.1) is 24.5 Å². The SMILES string of the molecule is CCc1cc(CNC(=NC)NCC(c2ccco2)N2CCCC2)on1.I. The van der Waals surface area contributed by atoms with Crippen LogP contribution >= 0.6 is 24.0 Å². The maximum absolute atomic E-state index is 5.65. The van der Waals surface area contributed by atoms with Gasteiger partial charge in [0.2, 0.25) is 0 Å². The number of halogens is 1. The molecular weight excluding hydrogens is 445 g/mol. The van der Waals surface area contributed by atoms with Crippen LogP contribution < -0.4 is 10.6 Å². The van der Waals surface area contributed by atoms with E-state index in [1.807, 2.05) is 18.2 Å². The highest BCUT2D eigenvalue weighted by Crippen LogP contribution is 2.24. The summed E-state index contributed by atoms with van der Waals surface area (Å²) in [6.45, 7) is 5.57.